The Labute approximate surface area is 171 Å². The van der Waals surface area contributed by atoms with Crippen LogP contribution in [0.25, 0.3) is 0 Å². The molecular formula is C23H26ClNO3. The molecule has 0 aromatic heterocycles. The van der Waals surface area contributed by atoms with Crippen LogP contribution in [0.3, 0.4) is 0 Å². The molecular weight excluding hydrogens is 374 g/mol. The molecule has 0 heterocycles. The molecule has 1 N–H and O–H groups in total. The third-order valence-corrected chi connectivity index (χ3v) is 5.73. The number of anilines is 1. The van der Waals surface area contributed by atoms with Gasteiger partial charge in [-0.15, -0.1) is 0 Å². The second kappa shape index (κ2) is 9.74. The van der Waals surface area contributed by atoms with Crippen molar-refractivity contribution in [3.63, 3.8) is 0 Å². The quantitative estimate of drug-likeness (QED) is 0.662. The Hall–Kier alpha value is -2.33. The SMILES string of the molecule is CCc1ccc(NC(=O)[C@@H]2CCCC[C@@H]2C(=O)OCc2ccccc2Cl)cc1. The Kier molecular flexibility index (Phi) is 7.10. The van der Waals surface area contributed by atoms with Crippen molar-refractivity contribution in [3.8, 4) is 0 Å². The largest absolute Gasteiger partial charge is 0.461 e. The summed E-state index contributed by atoms with van der Waals surface area (Å²) < 4.78 is 5.51. The van der Waals surface area contributed by atoms with Gasteiger partial charge in [-0.2, -0.15) is 0 Å². The molecule has 28 heavy (non-hydrogen) atoms. The average molecular weight is 400 g/mol. The van der Waals surface area contributed by atoms with Crippen molar-refractivity contribution >= 4 is 29.2 Å². The zero-order valence-corrected chi connectivity index (χ0v) is 16.9. The summed E-state index contributed by atoms with van der Waals surface area (Å²) in [6.45, 7) is 2.22. The first-order valence-corrected chi connectivity index (χ1v) is 10.3. The van der Waals surface area contributed by atoms with Crippen molar-refractivity contribution in [3.05, 3.63) is 64.7 Å². The van der Waals surface area contributed by atoms with Crippen LogP contribution in [-0.4, -0.2) is 11.9 Å². The predicted octanol–water partition coefficient (Wildman–Crippen LogP) is 5.39. The standard InChI is InChI=1S/C23H26ClNO3/c1-2-16-11-13-18(14-12-16)25-22(26)19-8-4-5-9-20(19)23(27)28-15-17-7-3-6-10-21(17)24/h3,6-7,10-14,19-20H,2,4-5,8-9,15H2,1H3,(H,25,26)/t19-,20+/m1/s1. The second-order valence-corrected chi connectivity index (χ2v) is 7.64. The normalized spacial score (nSPS) is 19.1. The summed E-state index contributed by atoms with van der Waals surface area (Å²) >= 11 is 6.13. The lowest BCUT2D eigenvalue weighted by Gasteiger charge is -2.29. The smallest absolute Gasteiger partial charge is 0.310 e. The molecule has 5 heteroatoms. The highest BCUT2D eigenvalue weighted by molar-refractivity contribution is 6.31. The van der Waals surface area contributed by atoms with E-state index in [4.69, 9.17) is 16.3 Å². The van der Waals surface area contributed by atoms with E-state index in [-0.39, 0.29) is 24.4 Å². The number of carbonyl (C=O) groups is 2. The molecule has 2 aromatic rings. The maximum Gasteiger partial charge on any atom is 0.310 e. The highest BCUT2D eigenvalue weighted by atomic mass is 35.5. The van der Waals surface area contributed by atoms with Crippen LogP contribution in [0.1, 0.15) is 43.7 Å². The van der Waals surface area contributed by atoms with E-state index in [9.17, 15) is 9.59 Å². The Morgan fingerprint density at radius 3 is 2.39 bits per heavy atom. The third kappa shape index (κ3) is 5.14. The summed E-state index contributed by atoms with van der Waals surface area (Å²) in [4.78, 5) is 25.5. The Morgan fingerprint density at radius 2 is 1.71 bits per heavy atom. The van der Waals surface area contributed by atoms with Crippen molar-refractivity contribution in [2.24, 2.45) is 11.8 Å². The summed E-state index contributed by atoms with van der Waals surface area (Å²) in [5.41, 5.74) is 2.75. The average Bonchev–Trinajstić information content (AvgIpc) is 2.73. The molecule has 1 fully saturated rings. The van der Waals surface area contributed by atoms with Crippen LogP contribution >= 0.6 is 11.6 Å². The number of benzene rings is 2. The van der Waals surface area contributed by atoms with Gasteiger partial charge in [0.25, 0.3) is 0 Å². The number of esters is 1. The minimum absolute atomic E-state index is 0.108. The van der Waals surface area contributed by atoms with Crippen LogP contribution in [0.15, 0.2) is 48.5 Å². The molecule has 1 aliphatic rings. The lowest BCUT2D eigenvalue weighted by atomic mass is 9.78. The third-order valence-electron chi connectivity index (χ3n) is 5.36. The van der Waals surface area contributed by atoms with E-state index in [1.54, 1.807) is 6.07 Å². The molecule has 0 unspecified atom stereocenters. The molecule has 1 amide bonds. The fraction of sp³-hybridized carbons (Fsp3) is 0.391. The molecule has 2 atom stereocenters. The zero-order chi connectivity index (χ0) is 19.9. The van der Waals surface area contributed by atoms with Gasteiger partial charge in [0.2, 0.25) is 5.91 Å². The molecule has 148 valence electrons. The van der Waals surface area contributed by atoms with Gasteiger partial charge in [0.15, 0.2) is 0 Å². The van der Waals surface area contributed by atoms with Gasteiger partial charge in [-0.25, -0.2) is 0 Å². The molecule has 0 saturated heterocycles. The van der Waals surface area contributed by atoms with Crippen molar-refractivity contribution in [2.75, 3.05) is 5.32 Å². The second-order valence-electron chi connectivity index (χ2n) is 7.24. The summed E-state index contributed by atoms with van der Waals surface area (Å²) in [6, 6.07) is 15.1. The van der Waals surface area contributed by atoms with Crippen molar-refractivity contribution in [1.82, 2.24) is 0 Å². The summed E-state index contributed by atoms with van der Waals surface area (Å²) in [7, 11) is 0. The molecule has 0 aliphatic heterocycles. The van der Waals surface area contributed by atoms with Gasteiger partial charge in [0.1, 0.15) is 6.61 Å². The lowest BCUT2D eigenvalue weighted by Crippen LogP contribution is -2.37. The van der Waals surface area contributed by atoms with Crippen LogP contribution in [0.2, 0.25) is 5.02 Å². The predicted molar refractivity (Wildman–Crippen MR) is 111 cm³/mol. The van der Waals surface area contributed by atoms with Gasteiger partial charge in [0.05, 0.1) is 11.8 Å². The van der Waals surface area contributed by atoms with Crippen LogP contribution in [0.5, 0.6) is 0 Å². The molecule has 3 rings (SSSR count). The Balaban J connectivity index is 1.62. The highest BCUT2D eigenvalue weighted by Crippen LogP contribution is 2.32. The zero-order valence-electron chi connectivity index (χ0n) is 16.1. The summed E-state index contributed by atoms with van der Waals surface area (Å²) in [6.07, 6.45) is 4.21. The maximum absolute atomic E-state index is 12.8. The van der Waals surface area contributed by atoms with E-state index >= 15 is 0 Å². The number of ether oxygens (including phenoxy) is 1. The highest BCUT2D eigenvalue weighted by Gasteiger charge is 2.36. The summed E-state index contributed by atoms with van der Waals surface area (Å²) in [5, 5.41) is 3.54. The van der Waals surface area contributed by atoms with Crippen LogP contribution in [0.4, 0.5) is 5.69 Å². The number of carbonyl (C=O) groups excluding carboxylic acids is 2. The van der Waals surface area contributed by atoms with Gasteiger partial charge in [-0.3, -0.25) is 9.59 Å². The Bertz CT molecular complexity index is 819. The first kappa shape index (κ1) is 20.4. The lowest BCUT2D eigenvalue weighted by molar-refractivity contribution is -0.155. The fourth-order valence-electron chi connectivity index (χ4n) is 3.66. The van der Waals surface area contributed by atoms with Crippen molar-refractivity contribution < 1.29 is 14.3 Å². The topological polar surface area (TPSA) is 55.4 Å². The van der Waals surface area contributed by atoms with E-state index in [2.05, 4.69) is 12.2 Å². The Morgan fingerprint density at radius 1 is 1.04 bits per heavy atom. The number of nitrogens with one attached hydrogen (secondary N) is 1. The van der Waals surface area contributed by atoms with Gasteiger partial charge in [-0.1, -0.05) is 61.7 Å². The molecule has 1 saturated carbocycles. The number of amides is 1. The maximum atomic E-state index is 12.8. The van der Waals surface area contributed by atoms with E-state index in [0.717, 1.165) is 30.5 Å². The number of aryl methyl sites for hydroxylation is 1. The van der Waals surface area contributed by atoms with Crippen LogP contribution in [-0.2, 0) is 27.4 Å². The fourth-order valence-corrected chi connectivity index (χ4v) is 3.85. The number of halogens is 1. The van der Waals surface area contributed by atoms with Crippen LogP contribution in [0, 0.1) is 11.8 Å². The van der Waals surface area contributed by atoms with Gasteiger partial charge in [0, 0.05) is 16.3 Å². The van der Waals surface area contributed by atoms with Crippen LogP contribution < -0.4 is 5.32 Å². The minimum atomic E-state index is -0.411. The number of rotatable bonds is 6. The first-order chi connectivity index (χ1) is 13.6. The van der Waals surface area contributed by atoms with Gasteiger partial charge < -0.3 is 10.1 Å². The van der Waals surface area contributed by atoms with E-state index in [0.29, 0.717) is 17.9 Å². The molecule has 1 aliphatic carbocycles. The monoisotopic (exact) mass is 399 g/mol. The van der Waals surface area contributed by atoms with Gasteiger partial charge in [-0.05, 0) is 43.0 Å². The number of hydrogen-bond donors (Lipinski definition) is 1. The van der Waals surface area contributed by atoms with Gasteiger partial charge >= 0.3 is 5.97 Å². The molecule has 4 nitrogen and oxygen atoms in total. The first-order valence-electron chi connectivity index (χ1n) is 9.88. The molecule has 0 spiro atoms. The number of hydrogen-bond acceptors (Lipinski definition) is 3. The van der Waals surface area contributed by atoms with E-state index < -0.39 is 5.92 Å². The summed E-state index contributed by atoms with van der Waals surface area (Å²) in [5.74, 6) is -1.20. The molecule has 0 radical (unpaired) electrons. The minimum Gasteiger partial charge on any atom is -0.461 e. The van der Waals surface area contributed by atoms with E-state index in [1.807, 2.05) is 42.5 Å². The molecule has 0 bridgehead atoms. The van der Waals surface area contributed by atoms with Crippen molar-refractivity contribution in [2.45, 2.75) is 45.6 Å². The van der Waals surface area contributed by atoms with Crippen molar-refractivity contribution in [1.29, 1.82) is 0 Å². The molecule has 2 aromatic carbocycles. The van der Waals surface area contributed by atoms with E-state index in [1.165, 1.54) is 5.56 Å².